The summed E-state index contributed by atoms with van der Waals surface area (Å²) in [5, 5.41) is 12.7. The van der Waals surface area contributed by atoms with Gasteiger partial charge in [0.2, 0.25) is 5.91 Å². The van der Waals surface area contributed by atoms with E-state index in [4.69, 9.17) is 4.74 Å². The second-order valence-corrected chi connectivity index (χ2v) is 8.27. The first-order valence-electron chi connectivity index (χ1n) is 10.2. The largest absolute Gasteiger partial charge is 0.480 e. The highest BCUT2D eigenvalue weighted by Crippen LogP contribution is 2.40. The molecule has 1 amide bonds. The second-order valence-electron chi connectivity index (χ2n) is 8.27. The Hall–Kier alpha value is -1.63. The zero-order valence-electron chi connectivity index (χ0n) is 16.9. The van der Waals surface area contributed by atoms with E-state index in [0.29, 0.717) is 12.8 Å². The lowest BCUT2D eigenvalue weighted by atomic mass is 9.84. The number of esters is 1. The predicted molar refractivity (Wildman–Crippen MR) is 101 cm³/mol. The second kappa shape index (κ2) is 9.53. The molecule has 2 rings (SSSR count). The van der Waals surface area contributed by atoms with E-state index >= 15 is 0 Å². The number of carboxylic acids is 1. The fourth-order valence-corrected chi connectivity index (χ4v) is 4.54. The zero-order chi connectivity index (χ0) is 20.1. The Balaban J connectivity index is 2.12. The van der Waals surface area contributed by atoms with Gasteiger partial charge < -0.3 is 14.7 Å². The third-order valence-electron chi connectivity index (χ3n) is 5.73. The maximum atomic E-state index is 13.2. The summed E-state index contributed by atoms with van der Waals surface area (Å²) >= 11 is 0. The molecule has 1 aliphatic carbocycles. The van der Waals surface area contributed by atoms with Crippen LogP contribution in [0.1, 0.15) is 66.2 Å². The Kier molecular flexibility index (Phi) is 7.65. The summed E-state index contributed by atoms with van der Waals surface area (Å²) in [7, 11) is 0. The number of carbonyl (C=O) groups is 3. The molecule has 7 nitrogen and oxygen atoms in total. The highest BCUT2D eigenvalue weighted by atomic mass is 16.5. The maximum Gasteiger partial charge on any atom is 0.326 e. The van der Waals surface area contributed by atoms with Crippen molar-refractivity contribution in [2.24, 2.45) is 11.8 Å². The number of carboxylic acid groups (broad SMARTS) is 1. The number of hydrogen-bond acceptors (Lipinski definition) is 5. The van der Waals surface area contributed by atoms with Gasteiger partial charge in [0, 0.05) is 6.04 Å². The highest BCUT2D eigenvalue weighted by Gasteiger charge is 2.48. The number of amides is 1. The average molecular weight is 383 g/mol. The quantitative estimate of drug-likeness (QED) is 0.625. The summed E-state index contributed by atoms with van der Waals surface area (Å²) < 4.78 is 5.14. The van der Waals surface area contributed by atoms with Crippen LogP contribution < -0.4 is 5.32 Å². The van der Waals surface area contributed by atoms with Crippen molar-refractivity contribution in [2.45, 2.75) is 90.4 Å². The molecular formula is C20H34N2O5. The average Bonchev–Trinajstić information content (AvgIpc) is 3.00. The van der Waals surface area contributed by atoms with Gasteiger partial charge in [0.15, 0.2) is 0 Å². The predicted octanol–water partition coefficient (Wildman–Crippen LogP) is 2.19. The first kappa shape index (κ1) is 21.7. The van der Waals surface area contributed by atoms with E-state index in [1.54, 1.807) is 18.7 Å². The van der Waals surface area contributed by atoms with Crippen molar-refractivity contribution in [1.29, 1.82) is 0 Å². The fraction of sp³-hybridized carbons (Fsp3) is 0.850. The van der Waals surface area contributed by atoms with E-state index in [1.807, 2.05) is 13.8 Å². The Labute approximate surface area is 161 Å². The number of rotatable bonds is 8. The molecule has 3 unspecified atom stereocenters. The minimum Gasteiger partial charge on any atom is -0.480 e. The Morgan fingerprint density at radius 1 is 1.19 bits per heavy atom. The Morgan fingerprint density at radius 3 is 2.44 bits per heavy atom. The molecule has 0 aromatic heterocycles. The van der Waals surface area contributed by atoms with Gasteiger partial charge in [-0.2, -0.15) is 0 Å². The van der Waals surface area contributed by atoms with E-state index in [1.165, 1.54) is 0 Å². The van der Waals surface area contributed by atoms with Crippen LogP contribution in [-0.4, -0.2) is 58.6 Å². The normalized spacial score (nSPS) is 27.1. The number of nitrogens with one attached hydrogen (secondary N) is 1. The molecule has 1 saturated carbocycles. The molecular weight excluding hydrogens is 348 g/mol. The molecule has 5 atom stereocenters. The minimum absolute atomic E-state index is 0.00254. The molecule has 27 heavy (non-hydrogen) atoms. The number of hydrogen-bond donors (Lipinski definition) is 2. The molecule has 0 bridgehead atoms. The van der Waals surface area contributed by atoms with E-state index < -0.39 is 24.1 Å². The molecule has 2 fully saturated rings. The number of fused-ring (bicyclic) bond motifs is 1. The molecule has 1 saturated heterocycles. The summed E-state index contributed by atoms with van der Waals surface area (Å²) in [6, 6.07) is -1.97. The molecule has 1 heterocycles. The van der Waals surface area contributed by atoms with Crippen LogP contribution in [0.5, 0.6) is 0 Å². The van der Waals surface area contributed by atoms with Gasteiger partial charge in [-0.1, -0.05) is 26.7 Å². The number of likely N-dealkylation sites (tertiary alicyclic amines) is 1. The van der Waals surface area contributed by atoms with Gasteiger partial charge in [0.25, 0.3) is 0 Å². The van der Waals surface area contributed by atoms with Gasteiger partial charge in [-0.25, -0.2) is 4.79 Å². The third kappa shape index (κ3) is 5.21. The van der Waals surface area contributed by atoms with Crippen molar-refractivity contribution in [3.63, 3.8) is 0 Å². The van der Waals surface area contributed by atoms with Crippen LogP contribution in [0, 0.1) is 11.8 Å². The third-order valence-corrected chi connectivity index (χ3v) is 5.73. The van der Waals surface area contributed by atoms with Gasteiger partial charge in [-0.05, 0) is 51.4 Å². The molecule has 7 heteroatoms. The van der Waals surface area contributed by atoms with E-state index in [0.717, 1.165) is 25.7 Å². The van der Waals surface area contributed by atoms with Crippen LogP contribution in [0.3, 0.4) is 0 Å². The molecule has 0 aromatic carbocycles. The molecule has 0 aromatic rings. The number of aliphatic carboxylic acids is 1. The van der Waals surface area contributed by atoms with Crippen LogP contribution >= 0.6 is 0 Å². The molecule has 2 N–H and O–H groups in total. The van der Waals surface area contributed by atoms with Crippen molar-refractivity contribution >= 4 is 17.8 Å². The van der Waals surface area contributed by atoms with Gasteiger partial charge in [-0.15, -0.1) is 0 Å². The number of ether oxygens (including phenoxy) is 1. The SMILES string of the molecule is CCOC(=O)C(CC(C)C)N[C@@H](C)C(=O)N1C2CCCCC2C[C@H]1C(=O)O. The van der Waals surface area contributed by atoms with Gasteiger partial charge >= 0.3 is 11.9 Å². The summed E-state index contributed by atoms with van der Waals surface area (Å²) in [5.41, 5.74) is 0. The maximum absolute atomic E-state index is 13.2. The standard InChI is InChI=1S/C20H34N2O5/c1-5-27-20(26)15(10-12(2)3)21-13(4)18(23)22-16-9-7-6-8-14(16)11-17(22)19(24)25/h12-17,21H,5-11H2,1-4H3,(H,24,25)/t13-,14?,15?,16?,17-/m0/s1. The molecule has 1 aliphatic heterocycles. The first-order chi connectivity index (χ1) is 12.8. The molecule has 2 aliphatic rings. The van der Waals surface area contributed by atoms with Gasteiger partial charge in [0.1, 0.15) is 12.1 Å². The van der Waals surface area contributed by atoms with Gasteiger partial charge in [-0.3, -0.25) is 14.9 Å². The van der Waals surface area contributed by atoms with Crippen LogP contribution in [-0.2, 0) is 19.1 Å². The fourth-order valence-electron chi connectivity index (χ4n) is 4.54. The summed E-state index contributed by atoms with van der Waals surface area (Å²) in [6.45, 7) is 7.77. The van der Waals surface area contributed by atoms with Crippen molar-refractivity contribution in [3.8, 4) is 0 Å². The minimum atomic E-state index is -0.936. The Morgan fingerprint density at radius 2 is 1.85 bits per heavy atom. The zero-order valence-corrected chi connectivity index (χ0v) is 16.9. The smallest absolute Gasteiger partial charge is 0.326 e. The van der Waals surface area contributed by atoms with Crippen molar-refractivity contribution in [1.82, 2.24) is 10.2 Å². The van der Waals surface area contributed by atoms with Crippen LogP contribution in [0.2, 0.25) is 0 Å². The highest BCUT2D eigenvalue weighted by molar-refractivity contribution is 5.88. The van der Waals surface area contributed by atoms with Gasteiger partial charge in [0.05, 0.1) is 12.6 Å². The van der Waals surface area contributed by atoms with Crippen molar-refractivity contribution in [2.75, 3.05) is 6.61 Å². The molecule has 0 spiro atoms. The number of nitrogens with zero attached hydrogens (tertiary/aromatic N) is 1. The lowest BCUT2D eigenvalue weighted by Crippen LogP contribution is -2.55. The van der Waals surface area contributed by atoms with Crippen LogP contribution in [0.25, 0.3) is 0 Å². The first-order valence-corrected chi connectivity index (χ1v) is 10.2. The lowest BCUT2D eigenvalue weighted by Gasteiger charge is -2.35. The topological polar surface area (TPSA) is 95.9 Å². The molecule has 154 valence electrons. The summed E-state index contributed by atoms with van der Waals surface area (Å²) in [5.74, 6) is -0.996. The van der Waals surface area contributed by atoms with E-state index in [-0.39, 0.29) is 36.4 Å². The van der Waals surface area contributed by atoms with Crippen LogP contribution in [0.15, 0.2) is 0 Å². The van der Waals surface area contributed by atoms with Crippen molar-refractivity contribution in [3.05, 3.63) is 0 Å². The number of carbonyl (C=O) groups excluding carboxylic acids is 2. The summed E-state index contributed by atoms with van der Waals surface area (Å²) in [6.07, 6.45) is 5.07. The molecule has 0 radical (unpaired) electrons. The van der Waals surface area contributed by atoms with E-state index in [9.17, 15) is 19.5 Å². The Bertz CT molecular complexity index is 550. The summed E-state index contributed by atoms with van der Waals surface area (Å²) in [4.78, 5) is 38.8. The monoisotopic (exact) mass is 382 g/mol. The van der Waals surface area contributed by atoms with E-state index in [2.05, 4.69) is 5.32 Å². The van der Waals surface area contributed by atoms with Crippen LogP contribution in [0.4, 0.5) is 0 Å². The lowest BCUT2D eigenvalue weighted by molar-refractivity contribution is -0.152. The van der Waals surface area contributed by atoms with Crippen molar-refractivity contribution < 1.29 is 24.2 Å².